The molecule has 0 saturated heterocycles. The Kier molecular flexibility index (Phi) is 12.0. The van der Waals surface area contributed by atoms with Gasteiger partial charge in [-0.15, -0.1) is 0 Å². The maximum absolute atomic E-state index is 10.9. The van der Waals surface area contributed by atoms with E-state index in [-0.39, 0.29) is 36.2 Å². The first kappa shape index (κ1) is 15.0. The van der Waals surface area contributed by atoms with E-state index in [1.54, 1.807) is 0 Å². The molecule has 0 unspecified atom stereocenters. The molecule has 0 bridgehead atoms. The summed E-state index contributed by atoms with van der Waals surface area (Å²) in [5.74, 6) is -0.438. The molecule has 0 aliphatic rings. The van der Waals surface area contributed by atoms with Crippen molar-refractivity contribution in [2.45, 2.75) is 24.3 Å². The second-order valence-electron chi connectivity index (χ2n) is 2.25. The van der Waals surface area contributed by atoms with E-state index in [0.29, 0.717) is 6.42 Å². The van der Waals surface area contributed by atoms with Gasteiger partial charge in [0.25, 0.3) is 0 Å². The predicted molar refractivity (Wildman–Crippen MR) is 35.7 cm³/mol. The van der Waals surface area contributed by atoms with E-state index < -0.39 is 5.97 Å². The zero-order valence-electron chi connectivity index (χ0n) is 7.14. The largest absolute Gasteiger partial charge is 1.00 e. The zero-order valence-corrected chi connectivity index (χ0v) is 12.3. The maximum atomic E-state index is 10.9. The fourth-order valence-corrected chi connectivity index (χ4v) is 1.17. The van der Waals surface area contributed by atoms with E-state index >= 15 is 0 Å². The molecule has 0 aromatic heterocycles. The van der Waals surface area contributed by atoms with Crippen molar-refractivity contribution in [1.29, 1.82) is 0 Å². The number of Topliss-reactive ketones (excluding diaryl/α,β-unsaturated/α-hetero) is 1. The van der Waals surface area contributed by atoms with Crippen molar-refractivity contribution in [3.05, 3.63) is 0 Å². The Balaban J connectivity index is 0. The molecule has 12 heavy (non-hydrogen) atoms. The fourth-order valence-electron chi connectivity index (χ4n) is 0.644. The molecular weight excluding hydrogens is 324 g/mol. The van der Waals surface area contributed by atoms with E-state index in [2.05, 4.69) is 4.74 Å². The minimum Gasteiger partial charge on any atom is -1.00 e. The van der Waals surface area contributed by atoms with Crippen molar-refractivity contribution >= 4 is 11.8 Å². The molecule has 3 nitrogen and oxygen atoms in total. The molecule has 0 atom stereocenters. The van der Waals surface area contributed by atoms with Gasteiger partial charge in [-0.1, -0.05) is 0 Å². The van der Waals surface area contributed by atoms with Crippen molar-refractivity contribution in [3.63, 3.8) is 0 Å². The van der Waals surface area contributed by atoms with Gasteiger partial charge in [0, 0.05) is 0 Å². The summed E-state index contributed by atoms with van der Waals surface area (Å²) in [5, 5.41) is 1.10. The zero-order chi connectivity index (χ0) is 8.69. The van der Waals surface area contributed by atoms with Crippen LogP contribution >= 0.6 is 0 Å². The summed E-state index contributed by atoms with van der Waals surface area (Å²) in [7, 11) is 1.29. The van der Waals surface area contributed by atoms with Crippen LogP contribution in [0.5, 0.6) is 0 Å². The number of carbonyl (C=O) groups is 2. The Hall–Kier alpha value is 0.493. The van der Waals surface area contributed by atoms with Gasteiger partial charge in [-0.05, 0) is 0 Å². The normalized spacial score (nSPS) is 8.58. The first-order valence-corrected chi connectivity index (χ1v) is 5.68. The van der Waals surface area contributed by atoms with Gasteiger partial charge >= 0.3 is 75.8 Å². The van der Waals surface area contributed by atoms with E-state index in [0.717, 1.165) is 11.4 Å². The molecule has 0 saturated carbocycles. The van der Waals surface area contributed by atoms with Gasteiger partial charge in [-0.25, -0.2) is 0 Å². The summed E-state index contributed by atoms with van der Waals surface area (Å²) in [6.07, 6.45) is 1.38. The first-order chi connectivity index (χ1) is 5.20. The van der Waals surface area contributed by atoms with Crippen LogP contribution in [0.3, 0.4) is 0 Å². The van der Waals surface area contributed by atoms with Crippen LogP contribution in [0.15, 0.2) is 0 Å². The SMILES string of the molecule is COC(=O)CC(=O)CC[CH2][Zn+].[I-]. The van der Waals surface area contributed by atoms with Crippen LogP contribution in [0.25, 0.3) is 0 Å². The molecule has 0 aromatic rings. The summed E-state index contributed by atoms with van der Waals surface area (Å²) in [5.41, 5.74) is 0. The van der Waals surface area contributed by atoms with E-state index in [1.807, 2.05) is 0 Å². The van der Waals surface area contributed by atoms with Crippen LogP contribution in [-0.4, -0.2) is 18.9 Å². The number of ether oxygens (including phenoxy) is 1. The Morgan fingerprint density at radius 3 is 2.42 bits per heavy atom. The van der Waals surface area contributed by atoms with E-state index in [9.17, 15) is 9.59 Å². The topological polar surface area (TPSA) is 43.4 Å². The van der Waals surface area contributed by atoms with Crippen LogP contribution in [0.1, 0.15) is 19.3 Å². The fraction of sp³-hybridized carbons (Fsp3) is 0.714. The summed E-state index contributed by atoms with van der Waals surface area (Å²) in [4.78, 5) is 21.4. The standard InChI is InChI=1S/C7H11O3.HI.Zn/c1-3-4-6(8)5-7(9)10-2;;/h1,3-5H2,2H3;1H;/q;;+1/p-1. The number of hydrogen-bond donors (Lipinski definition) is 0. The molecule has 0 N–H and O–H groups in total. The van der Waals surface area contributed by atoms with Crippen molar-refractivity contribution in [1.82, 2.24) is 0 Å². The molecule has 0 aromatic carbocycles. The molecule has 66 valence electrons. The van der Waals surface area contributed by atoms with E-state index in [4.69, 9.17) is 0 Å². The van der Waals surface area contributed by atoms with E-state index in [1.165, 1.54) is 25.4 Å². The molecule has 0 fully saturated rings. The van der Waals surface area contributed by atoms with Crippen LogP contribution in [0.2, 0.25) is 5.02 Å². The molecule has 0 aliphatic carbocycles. The first-order valence-electron chi connectivity index (χ1n) is 3.58. The van der Waals surface area contributed by atoms with Crippen LogP contribution in [-0.2, 0) is 32.6 Å². The molecule has 0 radical (unpaired) electrons. The van der Waals surface area contributed by atoms with Gasteiger partial charge < -0.3 is 24.0 Å². The van der Waals surface area contributed by atoms with Crippen LogP contribution in [0.4, 0.5) is 0 Å². The Morgan fingerprint density at radius 1 is 1.42 bits per heavy atom. The van der Waals surface area contributed by atoms with Crippen molar-refractivity contribution < 1.29 is 56.6 Å². The van der Waals surface area contributed by atoms with Crippen molar-refractivity contribution in [2.24, 2.45) is 0 Å². The third-order valence-corrected chi connectivity index (χ3v) is 2.32. The summed E-state index contributed by atoms with van der Waals surface area (Å²) in [6.45, 7) is 0. The Bertz CT molecular complexity index is 150. The quantitative estimate of drug-likeness (QED) is 0.249. The van der Waals surface area contributed by atoms with Gasteiger partial charge in [0.05, 0.1) is 0 Å². The smallest absolute Gasteiger partial charge is 1.00 e. The number of halogens is 1. The van der Waals surface area contributed by atoms with Gasteiger partial charge in [0.1, 0.15) is 0 Å². The molecule has 5 heteroatoms. The van der Waals surface area contributed by atoms with Crippen molar-refractivity contribution in [3.8, 4) is 0 Å². The number of carbonyl (C=O) groups excluding carboxylic acids is 2. The van der Waals surface area contributed by atoms with Gasteiger partial charge in [0.2, 0.25) is 0 Å². The van der Waals surface area contributed by atoms with Gasteiger partial charge in [0.15, 0.2) is 0 Å². The number of ketones is 1. The molecule has 0 aliphatic heterocycles. The average molecular weight is 335 g/mol. The minimum absolute atomic E-state index is 0. The maximum Gasteiger partial charge on any atom is -1.00 e. The summed E-state index contributed by atoms with van der Waals surface area (Å²) < 4.78 is 4.35. The molecular formula is C7H11IO3Zn. The number of methoxy groups -OCH3 is 1. The molecule has 0 heterocycles. The second kappa shape index (κ2) is 9.58. The molecule has 0 amide bonds. The predicted octanol–water partition coefficient (Wildman–Crippen LogP) is -2.13. The number of hydrogen-bond acceptors (Lipinski definition) is 3. The Morgan fingerprint density at radius 2 is 2.00 bits per heavy atom. The molecule has 0 rings (SSSR count). The van der Waals surface area contributed by atoms with Gasteiger partial charge in [-0.2, -0.15) is 0 Å². The number of esters is 1. The summed E-state index contributed by atoms with van der Waals surface area (Å²) in [6, 6.07) is 0. The van der Waals surface area contributed by atoms with Crippen LogP contribution in [0, 0.1) is 0 Å². The number of rotatable bonds is 5. The van der Waals surface area contributed by atoms with Gasteiger partial charge in [-0.3, -0.25) is 0 Å². The minimum atomic E-state index is -0.429. The second-order valence-corrected chi connectivity index (χ2v) is 3.73. The molecule has 0 spiro atoms. The Labute approximate surface area is 99.3 Å². The average Bonchev–Trinajstić information content (AvgIpc) is 2.00. The summed E-state index contributed by atoms with van der Waals surface area (Å²) >= 11 is 1.21. The van der Waals surface area contributed by atoms with Crippen molar-refractivity contribution in [2.75, 3.05) is 7.11 Å². The monoisotopic (exact) mass is 334 g/mol. The van der Waals surface area contributed by atoms with Crippen LogP contribution < -0.4 is 24.0 Å². The third kappa shape index (κ3) is 8.59. The third-order valence-electron chi connectivity index (χ3n) is 1.27.